The fourth-order valence-corrected chi connectivity index (χ4v) is 12.4. The van der Waals surface area contributed by atoms with E-state index < -0.39 is 10.0 Å². The SMILES string of the molecule is COC[C@@H]1[C@@H](C2CCC(C3CCCC(C)C3C)CC2)C2CN(S(=O)(=O)C3CCC(NC(C)=O)CC3C)CCCCN21. The summed E-state index contributed by atoms with van der Waals surface area (Å²) in [4.78, 5) is 14.2. The normalized spacial score (nSPS) is 43.3. The Kier molecular flexibility index (Phi) is 10.5. The van der Waals surface area contributed by atoms with Crippen LogP contribution >= 0.6 is 0 Å². The minimum Gasteiger partial charge on any atom is -0.383 e. The second kappa shape index (κ2) is 13.5. The minimum atomic E-state index is -3.40. The highest BCUT2D eigenvalue weighted by Gasteiger charge is 2.54. The van der Waals surface area contributed by atoms with E-state index in [4.69, 9.17) is 4.74 Å². The van der Waals surface area contributed by atoms with Crippen LogP contribution in [0.3, 0.4) is 0 Å². The van der Waals surface area contributed by atoms with E-state index in [1.165, 1.54) is 44.9 Å². The van der Waals surface area contributed by atoms with Gasteiger partial charge in [0.15, 0.2) is 0 Å². The number of hydrogen-bond acceptors (Lipinski definition) is 5. The highest BCUT2D eigenvalue weighted by atomic mass is 32.2. The Hall–Kier alpha value is -0.700. The third-order valence-corrected chi connectivity index (χ3v) is 15.0. The van der Waals surface area contributed by atoms with Crippen LogP contribution < -0.4 is 5.32 Å². The molecule has 2 heterocycles. The minimum absolute atomic E-state index is 0.0224. The molecule has 0 aromatic heterocycles. The highest BCUT2D eigenvalue weighted by Crippen LogP contribution is 2.50. The van der Waals surface area contributed by atoms with E-state index in [9.17, 15) is 13.2 Å². The summed E-state index contributed by atoms with van der Waals surface area (Å²) >= 11 is 0. The van der Waals surface area contributed by atoms with Gasteiger partial charge in [0.1, 0.15) is 0 Å². The number of fused-ring (bicyclic) bond motifs is 1. The number of nitrogens with zero attached hydrogens (tertiary/aromatic N) is 2. The Morgan fingerprint density at radius 3 is 2.27 bits per heavy atom. The van der Waals surface area contributed by atoms with Gasteiger partial charge in [0.25, 0.3) is 0 Å². The summed E-state index contributed by atoms with van der Waals surface area (Å²) in [5, 5.41) is 2.68. The van der Waals surface area contributed by atoms with Crippen LogP contribution in [0, 0.1) is 41.4 Å². The van der Waals surface area contributed by atoms with Crippen molar-refractivity contribution in [2.75, 3.05) is 33.4 Å². The lowest BCUT2D eigenvalue weighted by molar-refractivity contribution is -0.128. The van der Waals surface area contributed by atoms with Crippen molar-refractivity contribution in [2.45, 2.75) is 128 Å². The summed E-state index contributed by atoms with van der Waals surface area (Å²) < 4.78 is 36.0. The zero-order valence-corrected chi connectivity index (χ0v) is 27.4. The largest absolute Gasteiger partial charge is 0.383 e. The fraction of sp³-hybridized carbons (Fsp3) is 0.970. The van der Waals surface area contributed by atoms with Gasteiger partial charge in [-0.25, -0.2) is 12.7 Å². The monoisotopic (exact) mass is 593 g/mol. The number of nitrogens with one attached hydrogen (secondary N) is 1. The van der Waals surface area contributed by atoms with E-state index in [0.717, 1.165) is 62.5 Å². The molecule has 5 fully saturated rings. The number of amides is 1. The van der Waals surface area contributed by atoms with Crippen molar-refractivity contribution in [3.05, 3.63) is 0 Å². The molecule has 7 nitrogen and oxygen atoms in total. The quantitative estimate of drug-likeness (QED) is 0.434. The molecule has 0 spiro atoms. The number of ether oxygens (including phenoxy) is 1. The molecule has 1 N–H and O–H groups in total. The number of carbonyl (C=O) groups is 1. The number of rotatable bonds is 7. The molecule has 3 aliphatic carbocycles. The van der Waals surface area contributed by atoms with Gasteiger partial charge in [0.05, 0.1) is 11.9 Å². The van der Waals surface area contributed by atoms with Crippen molar-refractivity contribution in [3.8, 4) is 0 Å². The first kappa shape index (κ1) is 31.7. The number of carbonyl (C=O) groups excluding carboxylic acids is 1. The molecule has 8 heteroatoms. The molecule has 7 unspecified atom stereocenters. The number of hydrogen-bond donors (Lipinski definition) is 1. The lowest BCUT2D eigenvalue weighted by Gasteiger charge is -2.60. The summed E-state index contributed by atoms with van der Waals surface area (Å²) in [5.74, 6) is 4.73. The third-order valence-electron chi connectivity index (χ3n) is 12.5. The molecular formula is C33H59N3O4S. The Balaban J connectivity index is 1.26. The molecule has 0 radical (unpaired) electrons. The van der Waals surface area contributed by atoms with Gasteiger partial charge in [-0.3, -0.25) is 9.69 Å². The molecule has 0 aromatic rings. The Bertz CT molecular complexity index is 983. The first-order valence-corrected chi connectivity index (χ1v) is 18.6. The number of methoxy groups -OCH3 is 1. The smallest absolute Gasteiger partial charge is 0.217 e. The van der Waals surface area contributed by atoms with Gasteiger partial charge in [0, 0.05) is 45.2 Å². The van der Waals surface area contributed by atoms with E-state index in [1.54, 1.807) is 6.92 Å². The summed E-state index contributed by atoms with van der Waals surface area (Å²) in [6.45, 7) is 11.7. The van der Waals surface area contributed by atoms with Gasteiger partial charge in [-0.2, -0.15) is 0 Å². The van der Waals surface area contributed by atoms with Crippen molar-refractivity contribution in [2.24, 2.45) is 41.4 Å². The van der Waals surface area contributed by atoms with E-state index in [0.29, 0.717) is 43.4 Å². The molecule has 9 atom stereocenters. The van der Waals surface area contributed by atoms with Gasteiger partial charge < -0.3 is 10.1 Å². The molecule has 2 aliphatic heterocycles. The molecule has 5 aliphatic rings. The van der Waals surface area contributed by atoms with Crippen molar-refractivity contribution >= 4 is 15.9 Å². The number of sulfonamides is 1. The average Bonchev–Trinajstić information content (AvgIpc) is 2.91. The van der Waals surface area contributed by atoms with Gasteiger partial charge in [-0.15, -0.1) is 0 Å². The topological polar surface area (TPSA) is 79.0 Å². The molecule has 0 bridgehead atoms. The third kappa shape index (κ3) is 6.71. The lowest BCUT2D eigenvalue weighted by atomic mass is 9.60. The van der Waals surface area contributed by atoms with Gasteiger partial charge in [-0.1, -0.05) is 33.6 Å². The van der Waals surface area contributed by atoms with Gasteiger partial charge in [-0.05, 0) is 112 Å². The van der Waals surface area contributed by atoms with E-state index in [2.05, 4.69) is 31.0 Å². The first-order chi connectivity index (χ1) is 19.6. The Labute approximate surface area is 250 Å². The van der Waals surface area contributed by atoms with Crippen LogP contribution in [0.25, 0.3) is 0 Å². The molecule has 1 amide bonds. The molecule has 236 valence electrons. The van der Waals surface area contributed by atoms with Gasteiger partial charge >= 0.3 is 0 Å². The Morgan fingerprint density at radius 2 is 1.59 bits per heavy atom. The maximum Gasteiger partial charge on any atom is 0.217 e. The van der Waals surface area contributed by atoms with Crippen molar-refractivity contribution in [1.82, 2.24) is 14.5 Å². The average molecular weight is 594 g/mol. The molecule has 2 saturated heterocycles. The van der Waals surface area contributed by atoms with Crippen LogP contribution in [0.4, 0.5) is 0 Å². The molecule has 0 aromatic carbocycles. The standard InChI is InChI=1S/C33H59N3O4S/c1-22-9-8-10-29(24(22)3)26-11-13-27(14-12-26)33-30-20-35(17-6-7-18-36(30)31(33)21-40-5)41(38,39)32-16-15-28(19-23(32)2)34-25(4)37/h22-24,26-33H,6-21H2,1-5H3,(H,34,37)/t22?,23?,24?,26?,27?,28?,29?,30?,31-,32?,33+/m1/s1. The summed E-state index contributed by atoms with van der Waals surface area (Å²) in [5.41, 5.74) is 0. The van der Waals surface area contributed by atoms with Crippen LogP contribution in [-0.4, -0.2) is 80.3 Å². The van der Waals surface area contributed by atoms with Crippen LogP contribution in [0.5, 0.6) is 0 Å². The van der Waals surface area contributed by atoms with Crippen LogP contribution in [-0.2, 0) is 19.6 Å². The summed E-state index contributed by atoms with van der Waals surface area (Å²) in [7, 11) is -1.58. The van der Waals surface area contributed by atoms with Gasteiger partial charge in [0.2, 0.25) is 15.9 Å². The molecule has 41 heavy (non-hydrogen) atoms. The zero-order chi connectivity index (χ0) is 29.3. The van der Waals surface area contributed by atoms with Crippen molar-refractivity contribution < 1.29 is 17.9 Å². The second-order valence-electron chi connectivity index (χ2n) is 14.8. The molecule has 5 rings (SSSR count). The highest BCUT2D eigenvalue weighted by molar-refractivity contribution is 7.89. The van der Waals surface area contributed by atoms with Crippen LogP contribution in [0.2, 0.25) is 0 Å². The summed E-state index contributed by atoms with van der Waals surface area (Å²) in [6, 6.07) is 0.832. The van der Waals surface area contributed by atoms with E-state index in [1.807, 2.05) is 11.4 Å². The lowest BCUT2D eigenvalue weighted by Crippen LogP contribution is -2.71. The summed E-state index contributed by atoms with van der Waals surface area (Å²) in [6.07, 6.45) is 13.6. The maximum atomic E-state index is 14.2. The second-order valence-corrected chi connectivity index (χ2v) is 17.0. The molecule has 3 saturated carbocycles. The van der Waals surface area contributed by atoms with Crippen molar-refractivity contribution in [1.29, 1.82) is 0 Å². The Morgan fingerprint density at radius 1 is 0.878 bits per heavy atom. The predicted molar refractivity (Wildman–Crippen MR) is 165 cm³/mol. The van der Waals surface area contributed by atoms with Crippen LogP contribution in [0.1, 0.15) is 105 Å². The zero-order valence-electron chi connectivity index (χ0n) is 26.6. The predicted octanol–water partition coefficient (Wildman–Crippen LogP) is 5.30. The molecular weight excluding hydrogens is 534 g/mol. The van der Waals surface area contributed by atoms with E-state index >= 15 is 0 Å². The van der Waals surface area contributed by atoms with Crippen molar-refractivity contribution in [3.63, 3.8) is 0 Å². The van der Waals surface area contributed by atoms with Crippen LogP contribution in [0.15, 0.2) is 0 Å². The first-order valence-electron chi connectivity index (χ1n) is 17.1. The fourth-order valence-electron chi connectivity index (χ4n) is 10.2. The maximum absolute atomic E-state index is 14.2. The van der Waals surface area contributed by atoms with E-state index in [-0.39, 0.29) is 23.1 Å².